The maximum absolute atomic E-state index is 12.2. The summed E-state index contributed by atoms with van der Waals surface area (Å²) in [5.41, 5.74) is 2.42. The van der Waals surface area contributed by atoms with Crippen molar-refractivity contribution in [2.45, 2.75) is 58.7 Å². The number of aryl methyl sites for hydroxylation is 1. The number of hydrogen-bond acceptors (Lipinski definition) is 4. The Bertz CT molecular complexity index is 595. The number of nitrogens with zero attached hydrogens (tertiary/aromatic N) is 1. The van der Waals surface area contributed by atoms with Crippen LogP contribution in [0.2, 0.25) is 0 Å². The minimum absolute atomic E-state index is 0.00590. The summed E-state index contributed by atoms with van der Waals surface area (Å²) in [6, 6.07) is 7.97. The number of likely N-dealkylation sites (tertiary alicyclic amines) is 1. The largest absolute Gasteiger partial charge is 0.382 e. The van der Waals surface area contributed by atoms with Crippen molar-refractivity contribution in [3.05, 3.63) is 29.8 Å². The molecule has 1 saturated heterocycles. The molecule has 25 heavy (non-hydrogen) atoms. The van der Waals surface area contributed by atoms with E-state index in [9.17, 15) is 9.59 Å². The van der Waals surface area contributed by atoms with Crippen LogP contribution in [0.25, 0.3) is 0 Å². The lowest BCUT2D eigenvalue weighted by Gasteiger charge is -2.36. The van der Waals surface area contributed by atoms with Crippen molar-refractivity contribution in [2.75, 3.05) is 18.4 Å². The minimum atomic E-state index is -0.428. The molecule has 1 aliphatic rings. The van der Waals surface area contributed by atoms with Gasteiger partial charge in [0.1, 0.15) is 0 Å². The summed E-state index contributed by atoms with van der Waals surface area (Å²) in [7, 11) is 0. The van der Waals surface area contributed by atoms with Gasteiger partial charge in [0.25, 0.3) is 0 Å². The maximum Gasteiger partial charge on any atom is 0.321 e. The molecule has 0 aliphatic carbocycles. The van der Waals surface area contributed by atoms with Crippen LogP contribution in [0.4, 0.5) is 10.5 Å². The number of piperidine rings is 1. The number of para-hydroxylation sites is 1. The second-order valence-corrected chi connectivity index (χ2v) is 7.06. The number of rotatable bonds is 5. The molecule has 2 rings (SSSR count). The second-order valence-electron chi connectivity index (χ2n) is 7.06. The molecule has 0 bridgehead atoms. The summed E-state index contributed by atoms with van der Waals surface area (Å²) in [5, 5.41) is 8.69. The highest BCUT2D eigenvalue weighted by molar-refractivity contribution is 5.96. The van der Waals surface area contributed by atoms with Crippen molar-refractivity contribution in [3.8, 4) is 0 Å². The summed E-state index contributed by atoms with van der Waals surface area (Å²) in [5.74, 6) is -0.247. The van der Waals surface area contributed by atoms with Gasteiger partial charge in [-0.1, -0.05) is 18.2 Å². The third kappa shape index (κ3) is 5.74. The van der Waals surface area contributed by atoms with Crippen LogP contribution in [0.15, 0.2) is 24.3 Å². The number of amides is 3. The molecule has 0 aromatic heterocycles. The zero-order valence-corrected chi connectivity index (χ0v) is 15.6. The number of urea groups is 1. The van der Waals surface area contributed by atoms with Crippen LogP contribution in [-0.2, 0) is 4.79 Å². The number of carbonyl (C=O) groups is 2. The highest BCUT2D eigenvalue weighted by Gasteiger charge is 2.27. The third-order valence-corrected chi connectivity index (χ3v) is 4.62. The topological polar surface area (TPSA) is 73.5 Å². The summed E-state index contributed by atoms with van der Waals surface area (Å²) in [4.78, 5) is 26.0. The van der Waals surface area contributed by atoms with Crippen molar-refractivity contribution in [1.82, 2.24) is 15.5 Å². The molecule has 3 amide bonds. The fourth-order valence-electron chi connectivity index (χ4n) is 3.07. The fraction of sp³-hybridized carbons (Fsp3) is 0.579. The Labute approximate surface area is 150 Å². The highest BCUT2D eigenvalue weighted by Crippen LogP contribution is 2.20. The summed E-state index contributed by atoms with van der Waals surface area (Å²) in [6.07, 6.45) is 1.95. The van der Waals surface area contributed by atoms with Crippen LogP contribution < -0.4 is 16.0 Å². The molecule has 6 nitrogen and oxygen atoms in total. The first-order valence-electron chi connectivity index (χ1n) is 9.04. The van der Waals surface area contributed by atoms with Gasteiger partial charge in [-0.25, -0.2) is 4.79 Å². The van der Waals surface area contributed by atoms with Gasteiger partial charge in [0.05, 0.1) is 6.04 Å². The van der Waals surface area contributed by atoms with E-state index < -0.39 is 6.03 Å². The van der Waals surface area contributed by atoms with Crippen LogP contribution in [0.1, 0.15) is 39.2 Å². The van der Waals surface area contributed by atoms with E-state index in [0.717, 1.165) is 25.9 Å². The van der Waals surface area contributed by atoms with E-state index in [1.165, 1.54) is 11.3 Å². The molecule has 6 heteroatoms. The monoisotopic (exact) mass is 346 g/mol. The predicted octanol–water partition coefficient (Wildman–Crippen LogP) is 2.49. The first kappa shape index (κ1) is 19.2. The molecule has 3 N–H and O–H groups in total. The summed E-state index contributed by atoms with van der Waals surface area (Å²) < 4.78 is 0. The van der Waals surface area contributed by atoms with E-state index >= 15 is 0 Å². The number of nitrogens with one attached hydrogen (secondary N) is 3. The van der Waals surface area contributed by atoms with Crippen LogP contribution in [0.5, 0.6) is 0 Å². The lowest BCUT2D eigenvalue weighted by Crippen LogP contribution is -2.53. The van der Waals surface area contributed by atoms with E-state index in [4.69, 9.17) is 0 Å². The van der Waals surface area contributed by atoms with Gasteiger partial charge in [-0.3, -0.25) is 15.0 Å². The highest BCUT2D eigenvalue weighted by atomic mass is 16.2. The predicted molar refractivity (Wildman–Crippen MR) is 101 cm³/mol. The van der Waals surface area contributed by atoms with Crippen LogP contribution in [0, 0.1) is 6.92 Å². The van der Waals surface area contributed by atoms with Gasteiger partial charge in [0.15, 0.2) is 0 Å². The van der Waals surface area contributed by atoms with Gasteiger partial charge in [0.2, 0.25) is 5.91 Å². The zero-order chi connectivity index (χ0) is 18.4. The van der Waals surface area contributed by atoms with Gasteiger partial charge in [-0.05, 0) is 52.2 Å². The third-order valence-electron chi connectivity index (χ3n) is 4.62. The molecule has 138 valence electrons. The molecule has 1 aromatic carbocycles. The van der Waals surface area contributed by atoms with E-state index in [1.54, 1.807) is 0 Å². The molecule has 1 aliphatic heterocycles. The lowest BCUT2D eigenvalue weighted by atomic mass is 10.0. The second kappa shape index (κ2) is 8.85. The molecule has 0 saturated carbocycles. The normalized spacial score (nSPS) is 17.2. The Morgan fingerprint density at radius 3 is 2.36 bits per heavy atom. The standard InChI is InChI=1S/C19H30N4O2/c1-13(2)20-19(25)22-18(24)15(4)23-11-9-16(10-12-23)21-17-8-6-5-7-14(17)3/h5-8,13,15-16,21H,9-12H2,1-4H3,(H2,20,22,24,25)/t15-/m1/s1. The van der Waals surface area contributed by atoms with E-state index in [1.807, 2.05) is 32.9 Å². The number of benzene rings is 1. The van der Waals surface area contributed by atoms with Crippen molar-refractivity contribution < 1.29 is 9.59 Å². The molecular weight excluding hydrogens is 316 g/mol. The number of carbonyl (C=O) groups excluding carboxylic acids is 2. The van der Waals surface area contributed by atoms with Gasteiger partial charge in [-0.15, -0.1) is 0 Å². The SMILES string of the molecule is Cc1ccccc1NC1CCN([C@H](C)C(=O)NC(=O)NC(C)C)CC1. The molecule has 0 radical (unpaired) electrons. The van der Waals surface area contributed by atoms with E-state index in [2.05, 4.69) is 39.9 Å². The Balaban J connectivity index is 1.80. The molecular formula is C19H30N4O2. The fourth-order valence-corrected chi connectivity index (χ4v) is 3.07. The quantitative estimate of drug-likeness (QED) is 0.766. The zero-order valence-electron chi connectivity index (χ0n) is 15.6. The average molecular weight is 346 g/mol. The maximum atomic E-state index is 12.2. The van der Waals surface area contributed by atoms with E-state index in [0.29, 0.717) is 6.04 Å². The van der Waals surface area contributed by atoms with Gasteiger partial charge >= 0.3 is 6.03 Å². The Hall–Kier alpha value is -2.08. The summed E-state index contributed by atoms with van der Waals surface area (Å²) >= 11 is 0. The molecule has 1 atom stereocenters. The van der Waals surface area contributed by atoms with Gasteiger partial charge in [0, 0.05) is 30.9 Å². The van der Waals surface area contributed by atoms with Crippen molar-refractivity contribution >= 4 is 17.6 Å². The minimum Gasteiger partial charge on any atom is -0.382 e. The lowest BCUT2D eigenvalue weighted by molar-refractivity contribution is -0.125. The van der Waals surface area contributed by atoms with Gasteiger partial charge < -0.3 is 10.6 Å². The van der Waals surface area contributed by atoms with Gasteiger partial charge in [-0.2, -0.15) is 0 Å². The van der Waals surface area contributed by atoms with E-state index in [-0.39, 0.29) is 18.0 Å². The number of imide groups is 1. The van der Waals surface area contributed by atoms with Crippen LogP contribution in [0.3, 0.4) is 0 Å². The smallest absolute Gasteiger partial charge is 0.321 e. The van der Waals surface area contributed by atoms with Crippen molar-refractivity contribution in [3.63, 3.8) is 0 Å². The Kier molecular flexibility index (Phi) is 6.82. The number of anilines is 1. The Morgan fingerprint density at radius 2 is 1.76 bits per heavy atom. The van der Waals surface area contributed by atoms with Crippen LogP contribution >= 0.6 is 0 Å². The molecule has 1 fully saturated rings. The average Bonchev–Trinajstić information content (AvgIpc) is 2.56. The first-order chi connectivity index (χ1) is 11.9. The Morgan fingerprint density at radius 1 is 1.12 bits per heavy atom. The molecule has 0 spiro atoms. The molecule has 0 unspecified atom stereocenters. The summed E-state index contributed by atoms with van der Waals surface area (Å²) in [6.45, 7) is 9.35. The number of hydrogen-bond donors (Lipinski definition) is 3. The van der Waals surface area contributed by atoms with Crippen molar-refractivity contribution in [1.29, 1.82) is 0 Å². The molecule has 1 heterocycles. The van der Waals surface area contributed by atoms with Crippen molar-refractivity contribution in [2.24, 2.45) is 0 Å². The molecule has 1 aromatic rings. The first-order valence-corrected chi connectivity index (χ1v) is 9.04. The van der Waals surface area contributed by atoms with Crippen LogP contribution in [-0.4, -0.2) is 48.1 Å².